The molecule has 13 heteroatoms. The summed E-state index contributed by atoms with van der Waals surface area (Å²) < 4.78 is 0. The van der Waals surface area contributed by atoms with Crippen LogP contribution in [-0.2, 0) is 0 Å². The van der Waals surface area contributed by atoms with E-state index in [4.69, 9.17) is 34.8 Å². The van der Waals surface area contributed by atoms with Crippen LogP contribution in [0.4, 0.5) is 22.7 Å². The topological polar surface area (TPSA) is 144 Å². The minimum absolute atomic E-state index is 0.0241. The van der Waals surface area contributed by atoms with Gasteiger partial charge in [0, 0.05) is 29.8 Å². The lowest BCUT2D eigenvalue weighted by atomic mass is 10.1. The lowest BCUT2D eigenvalue weighted by Crippen LogP contribution is -2.15. The van der Waals surface area contributed by atoms with E-state index >= 15 is 0 Å². The Bertz CT molecular complexity index is 1310. The molecule has 0 aliphatic heterocycles. The van der Waals surface area contributed by atoms with Crippen molar-refractivity contribution in [2.24, 2.45) is 0 Å². The van der Waals surface area contributed by atoms with Crippen LogP contribution in [0.3, 0.4) is 0 Å². The molecule has 3 rings (SSSR count). The molecular formula is C20H11Cl3N4O6. The van der Waals surface area contributed by atoms with E-state index in [1.165, 1.54) is 42.5 Å². The standard InChI is InChI=1S/C20H11Cl3N4O6/c21-14-7-10(19(28)24-17-5-2-11(26(30)31)8-15(17)22)1-4-13(14)20(29)25-18-6-3-12(27(32)33)9-16(18)23/h1-9H,(H,24,28)(H,25,29). The number of halogens is 3. The van der Waals surface area contributed by atoms with Crippen molar-refractivity contribution in [1.82, 2.24) is 0 Å². The molecule has 0 aliphatic rings. The zero-order valence-electron chi connectivity index (χ0n) is 16.2. The quantitative estimate of drug-likeness (QED) is 0.309. The highest BCUT2D eigenvalue weighted by molar-refractivity contribution is 6.36. The fourth-order valence-corrected chi connectivity index (χ4v) is 3.37. The summed E-state index contributed by atoms with van der Waals surface area (Å²) in [6.45, 7) is 0. The smallest absolute Gasteiger partial charge is 0.271 e. The molecule has 0 radical (unpaired) electrons. The number of hydrogen-bond acceptors (Lipinski definition) is 6. The summed E-state index contributed by atoms with van der Waals surface area (Å²) in [4.78, 5) is 45.4. The van der Waals surface area contributed by atoms with Crippen molar-refractivity contribution in [1.29, 1.82) is 0 Å². The van der Waals surface area contributed by atoms with Crippen molar-refractivity contribution in [3.05, 3.63) is 101 Å². The van der Waals surface area contributed by atoms with Crippen LogP contribution in [-0.4, -0.2) is 21.7 Å². The highest BCUT2D eigenvalue weighted by Gasteiger charge is 2.18. The fraction of sp³-hybridized carbons (Fsp3) is 0. The molecule has 0 spiro atoms. The number of nitro groups is 2. The van der Waals surface area contributed by atoms with Crippen LogP contribution in [0.5, 0.6) is 0 Å². The lowest BCUT2D eigenvalue weighted by Gasteiger charge is -2.11. The number of rotatable bonds is 6. The SMILES string of the molecule is O=C(Nc1ccc([N+](=O)[O-])cc1Cl)c1ccc(C(=O)Nc2ccc([N+](=O)[O-])cc2Cl)c(Cl)c1. The third-order valence-corrected chi connectivity index (χ3v) is 5.24. The number of nitro benzene ring substituents is 2. The van der Waals surface area contributed by atoms with Gasteiger partial charge in [-0.25, -0.2) is 0 Å². The Morgan fingerprint density at radius 3 is 1.58 bits per heavy atom. The molecule has 0 atom stereocenters. The Hall–Kier alpha value is -3.73. The molecule has 10 nitrogen and oxygen atoms in total. The number of benzene rings is 3. The summed E-state index contributed by atoms with van der Waals surface area (Å²) in [5, 5.41) is 26.5. The number of anilines is 2. The molecule has 0 aliphatic carbocycles. The first-order valence-electron chi connectivity index (χ1n) is 8.87. The highest BCUT2D eigenvalue weighted by Crippen LogP contribution is 2.29. The molecule has 0 bridgehead atoms. The Morgan fingerprint density at radius 2 is 1.15 bits per heavy atom. The van der Waals surface area contributed by atoms with Gasteiger partial charge in [0.2, 0.25) is 0 Å². The average molecular weight is 510 g/mol. The lowest BCUT2D eigenvalue weighted by molar-refractivity contribution is -0.385. The van der Waals surface area contributed by atoms with Gasteiger partial charge in [-0.1, -0.05) is 34.8 Å². The van der Waals surface area contributed by atoms with Crippen molar-refractivity contribution >= 4 is 69.4 Å². The molecule has 3 aromatic carbocycles. The van der Waals surface area contributed by atoms with Gasteiger partial charge in [-0.2, -0.15) is 0 Å². The van der Waals surface area contributed by atoms with Gasteiger partial charge in [-0.15, -0.1) is 0 Å². The summed E-state index contributed by atoms with van der Waals surface area (Å²) in [7, 11) is 0. The third-order valence-electron chi connectivity index (χ3n) is 4.30. The Labute approximate surface area is 200 Å². The summed E-state index contributed by atoms with van der Waals surface area (Å²) in [6, 6.07) is 11.0. The molecule has 2 N–H and O–H groups in total. The maximum atomic E-state index is 12.5. The van der Waals surface area contributed by atoms with Gasteiger partial charge in [-0.05, 0) is 30.3 Å². The molecule has 0 aromatic heterocycles. The van der Waals surface area contributed by atoms with Crippen molar-refractivity contribution < 1.29 is 19.4 Å². The maximum absolute atomic E-state index is 12.5. The van der Waals surface area contributed by atoms with Gasteiger partial charge in [0.15, 0.2) is 0 Å². The number of carbonyl (C=O) groups is 2. The second-order valence-corrected chi connectivity index (χ2v) is 7.67. The fourth-order valence-electron chi connectivity index (χ4n) is 2.66. The number of non-ortho nitro benzene ring substituents is 2. The zero-order valence-corrected chi connectivity index (χ0v) is 18.4. The summed E-state index contributed by atoms with van der Waals surface area (Å²) >= 11 is 18.1. The van der Waals surface area contributed by atoms with Crippen LogP contribution in [0.1, 0.15) is 20.7 Å². The maximum Gasteiger partial charge on any atom is 0.271 e. The largest absolute Gasteiger partial charge is 0.321 e. The van der Waals surface area contributed by atoms with E-state index in [1.54, 1.807) is 0 Å². The zero-order chi connectivity index (χ0) is 24.3. The first-order chi connectivity index (χ1) is 15.6. The van der Waals surface area contributed by atoms with E-state index in [0.29, 0.717) is 0 Å². The molecule has 168 valence electrons. The Kier molecular flexibility index (Phi) is 7.12. The number of amides is 2. The van der Waals surface area contributed by atoms with Gasteiger partial charge in [-0.3, -0.25) is 29.8 Å². The average Bonchev–Trinajstić information content (AvgIpc) is 2.75. The van der Waals surface area contributed by atoms with Gasteiger partial charge in [0.25, 0.3) is 23.2 Å². The van der Waals surface area contributed by atoms with Crippen molar-refractivity contribution in [2.45, 2.75) is 0 Å². The highest BCUT2D eigenvalue weighted by atomic mass is 35.5. The van der Waals surface area contributed by atoms with E-state index < -0.39 is 21.7 Å². The number of nitrogens with zero attached hydrogens (tertiary/aromatic N) is 2. The van der Waals surface area contributed by atoms with E-state index in [9.17, 15) is 29.8 Å². The number of carbonyl (C=O) groups excluding carboxylic acids is 2. The molecule has 0 unspecified atom stereocenters. The monoisotopic (exact) mass is 508 g/mol. The Balaban J connectivity index is 1.75. The molecule has 0 saturated carbocycles. The van der Waals surface area contributed by atoms with Crippen molar-refractivity contribution in [3.63, 3.8) is 0 Å². The van der Waals surface area contributed by atoms with E-state index in [1.807, 2.05) is 0 Å². The molecule has 0 heterocycles. The van der Waals surface area contributed by atoms with Gasteiger partial charge < -0.3 is 10.6 Å². The van der Waals surface area contributed by atoms with Crippen LogP contribution in [0.15, 0.2) is 54.6 Å². The summed E-state index contributed by atoms with van der Waals surface area (Å²) in [6.07, 6.45) is 0. The van der Waals surface area contributed by atoms with Crippen molar-refractivity contribution in [3.8, 4) is 0 Å². The van der Waals surface area contributed by atoms with Crippen LogP contribution < -0.4 is 10.6 Å². The third kappa shape index (κ3) is 5.55. The molecule has 0 saturated heterocycles. The van der Waals surface area contributed by atoms with E-state index in [0.717, 1.165) is 12.1 Å². The molecule has 2 amide bonds. The van der Waals surface area contributed by atoms with Crippen LogP contribution >= 0.6 is 34.8 Å². The molecule has 33 heavy (non-hydrogen) atoms. The minimum atomic E-state index is -0.652. The normalized spacial score (nSPS) is 10.4. The van der Waals surface area contributed by atoms with Crippen LogP contribution in [0.25, 0.3) is 0 Å². The Morgan fingerprint density at radius 1 is 0.667 bits per heavy atom. The van der Waals surface area contributed by atoms with Crippen molar-refractivity contribution in [2.75, 3.05) is 10.6 Å². The van der Waals surface area contributed by atoms with Gasteiger partial charge in [0.1, 0.15) is 0 Å². The summed E-state index contributed by atoms with van der Waals surface area (Å²) in [5.74, 6) is -1.26. The number of nitrogens with one attached hydrogen (secondary N) is 2. The predicted molar refractivity (Wildman–Crippen MR) is 124 cm³/mol. The van der Waals surface area contributed by atoms with Gasteiger partial charge in [0.05, 0.1) is 41.9 Å². The number of hydrogen-bond donors (Lipinski definition) is 2. The van der Waals surface area contributed by atoms with Crippen LogP contribution in [0, 0.1) is 20.2 Å². The van der Waals surface area contributed by atoms with Gasteiger partial charge >= 0.3 is 0 Å². The minimum Gasteiger partial charge on any atom is -0.321 e. The second-order valence-electron chi connectivity index (χ2n) is 6.45. The second kappa shape index (κ2) is 9.82. The first kappa shape index (κ1) is 23.9. The van der Waals surface area contributed by atoms with E-state index in [2.05, 4.69) is 10.6 Å². The molecule has 3 aromatic rings. The molecule has 0 fully saturated rings. The molecular weight excluding hydrogens is 499 g/mol. The van der Waals surface area contributed by atoms with E-state index in [-0.39, 0.29) is 48.9 Å². The van der Waals surface area contributed by atoms with Crippen LogP contribution in [0.2, 0.25) is 15.1 Å². The first-order valence-corrected chi connectivity index (χ1v) is 10.0. The predicted octanol–water partition coefficient (Wildman–Crippen LogP) is 5.97. The summed E-state index contributed by atoms with van der Waals surface area (Å²) in [5.41, 5.74) is -0.0598.